The quantitative estimate of drug-likeness (QED) is 0.679. The number of allylic oxidation sites excluding steroid dienone is 2. The molecule has 1 heterocycles. The van der Waals surface area contributed by atoms with E-state index in [4.69, 9.17) is 11.6 Å². The molecule has 2 atom stereocenters. The number of hydrazone groups is 1. The normalized spacial score (nSPS) is 27.8. The van der Waals surface area contributed by atoms with Crippen molar-refractivity contribution in [2.75, 3.05) is 5.43 Å². The molecular weight excluding hydrogens is 260 g/mol. The summed E-state index contributed by atoms with van der Waals surface area (Å²) in [5.74, 6) is 2.10. The van der Waals surface area contributed by atoms with Gasteiger partial charge in [0.25, 0.3) is 0 Å². The van der Waals surface area contributed by atoms with Gasteiger partial charge in [-0.2, -0.15) is 5.10 Å². The third kappa shape index (κ3) is 2.25. The summed E-state index contributed by atoms with van der Waals surface area (Å²) in [4.78, 5) is 0. The number of nitrogens with one attached hydrogen (secondary N) is 1. The summed E-state index contributed by atoms with van der Waals surface area (Å²) in [6.07, 6.45) is 6.69. The summed E-state index contributed by atoms with van der Waals surface area (Å²) in [7, 11) is 0. The van der Waals surface area contributed by atoms with Crippen LogP contribution in [0.1, 0.15) is 26.7 Å². The molecule has 19 heavy (non-hydrogen) atoms. The third-order valence-electron chi connectivity index (χ3n) is 4.54. The Bertz CT molecular complexity index is 533. The Balaban J connectivity index is 1.64. The zero-order valence-electron chi connectivity index (χ0n) is 11.1. The zero-order valence-corrected chi connectivity index (χ0v) is 11.9. The van der Waals surface area contributed by atoms with Crippen molar-refractivity contribution >= 4 is 23.6 Å². The molecule has 1 fully saturated rings. The van der Waals surface area contributed by atoms with Crippen LogP contribution in [0.15, 0.2) is 28.9 Å². The molecular formula is C14H17ClN4. The number of fused-ring (bicyclic) bond motifs is 1. The van der Waals surface area contributed by atoms with Crippen molar-refractivity contribution in [2.24, 2.45) is 22.4 Å². The first-order valence-corrected chi connectivity index (χ1v) is 6.93. The van der Waals surface area contributed by atoms with Gasteiger partial charge in [0.15, 0.2) is 11.0 Å². The van der Waals surface area contributed by atoms with Gasteiger partial charge in [0.2, 0.25) is 0 Å². The van der Waals surface area contributed by atoms with Crippen molar-refractivity contribution in [3.8, 4) is 0 Å². The second kappa shape index (κ2) is 4.60. The lowest BCUT2D eigenvalue weighted by Crippen LogP contribution is -2.48. The van der Waals surface area contributed by atoms with Crippen LogP contribution in [0.4, 0.5) is 5.82 Å². The van der Waals surface area contributed by atoms with Crippen LogP contribution in [0.5, 0.6) is 0 Å². The molecule has 0 spiro atoms. The average molecular weight is 277 g/mol. The Labute approximate surface area is 118 Å². The summed E-state index contributed by atoms with van der Waals surface area (Å²) >= 11 is 5.67. The van der Waals surface area contributed by atoms with Crippen LogP contribution in [-0.2, 0) is 0 Å². The molecule has 0 radical (unpaired) electrons. The fourth-order valence-corrected chi connectivity index (χ4v) is 3.19. The van der Waals surface area contributed by atoms with Gasteiger partial charge in [0.05, 0.1) is 6.21 Å². The maximum Gasteiger partial charge on any atom is 0.168 e. The van der Waals surface area contributed by atoms with E-state index in [0.29, 0.717) is 22.3 Å². The highest BCUT2D eigenvalue weighted by Crippen LogP contribution is 2.58. The summed E-state index contributed by atoms with van der Waals surface area (Å²) in [6, 6.07) is 3.44. The maximum atomic E-state index is 5.67. The summed E-state index contributed by atoms with van der Waals surface area (Å²) in [6.45, 7) is 4.70. The third-order valence-corrected chi connectivity index (χ3v) is 4.74. The van der Waals surface area contributed by atoms with Crippen LogP contribution in [0.25, 0.3) is 0 Å². The largest absolute Gasteiger partial charge is 0.260 e. The lowest BCUT2D eigenvalue weighted by molar-refractivity contribution is -0.00124. The Morgan fingerprint density at radius 2 is 2.26 bits per heavy atom. The zero-order chi connectivity index (χ0) is 13.5. The number of aromatic nitrogens is 2. The topological polar surface area (TPSA) is 50.2 Å². The number of hydrogen-bond acceptors (Lipinski definition) is 4. The molecule has 2 unspecified atom stereocenters. The van der Waals surface area contributed by atoms with Gasteiger partial charge >= 0.3 is 0 Å². The van der Waals surface area contributed by atoms with Crippen LogP contribution in [0.2, 0.25) is 5.15 Å². The minimum atomic E-state index is 0.381. The van der Waals surface area contributed by atoms with Gasteiger partial charge in [0, 0.05) is 0 Å². The molecule has 0 aliphatic heterocycles. The highest BCUT2D eigenvalue weighted by molar-refractivity contribution is 6.29. The molecule has 0 amide bonds. The summed E-state index contributed by atoms with van der Waals surface area (Å²) in [5, 5.41) is 12.3. The standard InChI is InChI=1S/C14H17ClN4/c1-14(2)10-4-3-9(11(14)7-10)8-16-18-13-6-5-12(15)17-19-13/h3,5-6,8,10-11H,4,7H2,1-2H3,(H,18,19). The van der Waals surface area contributed by atoms with Crippen LogP contribution in [-0.4, -0.2) is 16.4 Å². The number of rotatable bonds is 3. The van der Waals surface area contributed by atoms with E-state index in [9.17, 15) is 0 Å². The van der Waals surface area contributed by atoms with Crippen LogP contribution in [0, 0.1) is 17.3 Å². The first-order valence-electron chi connectivity index (χ1n) is 6.56. The van der Waals surface area contributed by atoms with Gasteiger partial charge in [-0.1, -0.05) is 31.5 Å². The SMILES string of the molecule is CC1(C)C2CC=C(C=NNc3ccc(Cl)nn3)C1C2. The number of nitrogens with zero attached hydrogens (tertiary/aromatic N) is 3. The molecule has 1 saturated carbocycles. The lowest BCUT2D eigenvalue weighted by Gasteiger charge is -2.55. The van der Waals surface area contributed by atoms with Gasteiger partial charge in [-0.25, -0.2) is 0 Å². The fraction of sp³-hybridized carbons (Fsp3) is 0.500. The van der Waals surface area contributed by atoms with E-state index >= 15 is 0 Å². The van der Waals surface area contributed by atoms with E-state index in [1.807, 2.05) is 6.21 Å². The number of hydrogen-bond donors (Lipinski definition) is 1. The highest BCUT2D eigenvalue weighted by atomic mass is 35.5. The van der Waals surface area contributed by atoms with Gasteiger partial charge in [-0.15, -0.1) is 10.2 Å². The smallest absolute Gasteiger partial charge is 0.168 e. The first-order chi connectivity index (χ1) is 9.07. The molecule has 0 saturated heterocycles. The molecule has 1 aromatic rings. The van der Waals surface area contributed by atoms with Crippen LogP contribution >= 0.6 is 11.6 Å². The van der Waals surface area contributed by atoms with E-state index in [0.717, 1.165) is 5.92 Å². The number of halogens is 1. The van der Waals surface area contributed by atoms with Crippen LogP contribution < -0.4 is 5.43 Å². The second-order valence-electron chi connectivity index (χ2n) is 5.86. The van der Waals surface area contributed by atoms with E-state index < -0.39 is 0 Å². The van der Waals surface area contributed by atoms with Crippen molar-refractivity contribution in [2.45, 2.75) is 26.7 Å². The predicted molar refractivity (Wildman–Crippen MR) is 77.2 cm³/mol. The molecule has 3 aliphatic carbocycles. The Hall–Kier alpha value is -1.42. The van der Waals surface area contributed by atoms with E-state index in [-0.39, 0.29) is 0 Å². The molecule has 0 aromatic carbocycles. The van der Waals surface area contributed by atoms with E-state index in [1.165, 1.54) is 18.4 Å². The van der Waals surface area contributed by atoms with Crippen molar-refractivity contribution in [3.05, 3.63) is 28.9 Å². The molecule has 3 aliphatic rings. The maximum absolute atomic E-state index is 5.67. The summed E-state index contributed by atoms with van der Waals surface area (Å²) < 4.78 is 0. The fourth-order valence-electron chi connectivity index (χ4n) is 3.09. The van der Waals surface area contributed by atoms with Gasteiger partial charge in [-0.05, 0) is 47.8 Å². The van der Waals surface area contributed by atoms with E-state index in [1.54, 1.807) is 12.1 Å². The minimum absolute atomic E-state index is 0.381. The molecule has 1 aromatic heterocycles. The van der Waals surface area contributed by atoms with Crippen molar-refractivity contribution in [3.63, 3.8) is 0 Å². The Morgan fingerprint density at radius 3 is 2.89 bits per heavy atom. The molecule has 4 nitrogen and oxygen atoms in total. The van der Waals surface area contributed by atoms with Crippen molar-refractivity contribution in [1.29, 1.82) is 0 Å². The minimum Gasteiger partial charge on any atom is -0.260 e. The van der Waals surface area contributed by atoms with Crippen LogP contribution in [0.3, 0.4) is 0 Å². The molecule has 4 rings (SSSR count). The number of anilines is 1. The predicted octanol–water partition coefficient (Wildman–Crippen LogP) is 3.52. The molecule has 5 heteroatoms. The molecule has 1 N–H and O–H groups in total. The lowest BCUT2D eigenvalue weighted by atomic mass is 9.49. The van der Waals surface area contributed by atoms with Gasteiger partial charge < -0.3 is 0 Å². The Kier molecular flexibility index (Phi) is 3.05. The highest BCUT2D eigenvalue weighted by Gasteiger charge is 2.50. The molecule has 100 valence electrons. The summed E-state index contributed by atoms with van der Waals surface area (Å²) in [5.41, 5.74) is 4.64. The monoisotopic (exact) mass is 276 g/mol. The van der Waals surface area contributed by atoms with Crippen molar-refractivity contribution < 1.29 is 0 Å². The van der Waals surface area contributed by atoms with Gasteiger partial charge in [-0.3, -0.25) is 5.43 Å². The second-order valence-corrected chi connectivity index (χ2v) is 6.24. The first kappa shape index (κ1) is 12.6. The van der Waals surface area contributed by atoms with Gasteiger partial charge in [0.1, 0.15) is 0 Å². The van der Waals surface area contributed by atoms with Crippen molar-refractivity contribution in [1.82, 2.24) is 10.2 Å². The van der Waals surface area contributed by atoms with E-state index in [2.05, 4.69) is 40.6 Å². The molecule has 2 bridgehead atoms. The Morgan fingerprint density at radius 1 is 1.42 bits per heavy atom. The average Bonchev–Trinajstić information content (AvgIpc) is 2.41.